The predicted octanol–water partition coefficient (Wildman–Crippen LogP) is 20.1. The molecule has 4 unspecified atom stereocenters. The lowest BCUT2D eigenvalue weighted by atomic mass is 9.99. The molecule has 0 aliphatic heterocycles. The summed E-state index contributed by atoms with van der Waals surface area (Å²) in [5.74, 6) is 0.859. The summed E-state index contributed by atoms with van der Waals surface area (Å²) in [4.78, 5) is 72.5. The van der Waals surface area contributed by atoms with Crippen LogP contribution in [0.5, 0.6) is 0 Å². The molecule has 534 valence electrons. The molecule has 0 aromatic rings. The van der Waals surface area contributed by atoms with Gasteiger partial charge in [-0.1, -0.05) is 299 Å². The second kappa shape index (κ2) is 60.7. The normalized spacial score (nSPS) is 14.6. The van der Waals surface area contributed by atoms with Crippen LogP contribution in [0.1, 0.15) is 351 Å². The molecule has 0 rings (SSSR count). The van der Waals surface area contributed by atoms with Crippen LogP contribution >= 0.6 is 15.6 Å². The Bertz CT molecular complexity index is 1780. The monoisotopic (exact) mass is 1320 g/mol. The number of unbranched alkanes of at least 4 members (excludes halogenated alkanes) is 33. The van der Waals surface area contributed by atoms with Crippen molar-refractivity contribution in [1.29, 1.82) is 0 Å². The lowest BCUT2D eigenvalue weighted by Gasteiger charge is -2.21. The van der Waals surface area contributed by atoms with E-state index in [1.807, 2.05) is 0 Å². The van der Waals surface area contributed by atoms with Crippen molar-refractivity contribution < 1.29 is 80.2 Å². The number of hydrogen-bond donors (Lipinski definition) is 3. The van der Waals surface area contributed by atoms with Crippen LogP contribution in [0.25, 0.3) is 0 Å². The zero-order valence-electron chi connectivity index (χ0n) is 58.8. The van der Waals surface area contributed by atoms with Crippen molar-refractivity contribution >= 4 is 39.5 Å². The molecule has 0 aliphatic rings. The van der Waals surface area contributed by atoms with Gasteiger partial charge in [0.25, 0.3) is 0 Å². The minimum Gasteiger partial charge on any atom is -0.462 e. The van der Waals surface area contributed by atoms with E-state index in [1.165, 1.54) is 154 Å². The van der Waals surface area contributed by atoms with Crippen molar-refractivity contribution in [2.45, 2.75) is 369 Å². The quantitative estimate of drug-likeness (QED) is 0.0222. The van der Waals surface area contributed by atoms with E-state index in [0.29, 0.717) is 31.6 Å². The summed E-state index contributed by atoms with van der Waals surface area (Å²) in [6, 6.07) is 0. The molecule has 0 saturated carbocycles. The van der Waals surface area contributed by atoms with Crippen molar-refractivity contribution in [3.8, 4) is 0 Å². The van der Waals surface area contributed by atoms with Crippen LogP contribution < -0.4 is 0 Å². The van der Waals surface area contributed by atoms with Crippen molar-refractivity contribution in [3.63, 3.8) is 0 Å². The average molecular weight is 1330 g/mol. The Balaban J connectivity index is 5.21. The zero-order chi connectivity index (χ0) is 66.8. The largest absolute Gasteiger partial charge is 0.472 e. The molecule has 0 heterocycles. The molecule has 3 N–H and O–H groups in total. The third-order valence-corrected chi connectivity index (χ3v) is 18.6. The molecule has 0 saturated heterocycles. The van der Waals surface area contributed by atoms with E-state index in [-0.39, 0.29) is 25.7 Å². The van der Waals surface area contributed by atoms with Gasteiger partial charge in [-0.15, -0.1) is 0 Å². The summed E-state index contributed by atoms with van der Waals surface area (Å²) in [5, 5.41) is 10.6. The van der Waals surface area contributed by atoms with Crippen LogP contribution in [0.15, 0.2) is 0 Å². The van der Waals surface area contributed by atoms with E-state index >= 15 is 0 Å². The Hall–Kier alpha value is -1.94. The standard InChI is InChI=1S/C71H138O17P2/c1-9-64(8)50-42-34-26-19-21-29-37-45-53-70(75)87-66(57-82-69(74)52-44-36-28-20-18-24-32-40-48-62(4)5)59-85-89(77,78)83-55-65(72)56-84-90(79,80)86-60-67(88-71(76)54-46-38-30-22-25-33-41-49-63(6)7)58-81-68(73)51-43-35-27-17-15-13-11-10-12-14-16-23-31-39-47-61(2)3/h61-67,72H,9-60H2,1-8H3,(H,77,78)(H,79,80)/t64?,65?,66-,67-/m1/s1. The fourth-order valence-electron chi connectivity index (χ4n) is 10.6. The minimum atomic E-state index is -4.95. The van der Waals surface area contributed by atoms with E-state index < -0.39 is 97.5 Å². The Morgan fingerprint density at radius 1 is 0.311 bits per heavy atom. The fraction of sp³-hybridized carbons (Fsp3) is 0.944. The summed E-state index contributed by atoms with van der Waals surface area (Å²) in [6.07, 6.45) is 43.2. The number of rotatable bonds is 68. The number of phosphoric acid groups is 2. The molecule has 6 atom stereocenters. The molecule has 90 heavy (non-hydrogen) atoms. The number of phosphoric ester groups is 2. The van der Waals surface area contributed by atoms with E-state index in [0.717, 1.165) is 108 Å². The van der Waals surface area contributed by atoms with Gasteiger partial charge in [-0.05, 0) is 49.4 Å². The summed E-state index contributed by atoms with van der Waals surface area (Å²) < 4.78 is 68.3. The molecule has 17 nitrogen and oxygen atoms in total. The highest BCUT2D eigenvalue weighted by molar-refractivity contribution is 7.47. The van der Waals surface area contributed by atoms with E-state index in [1.54, 1.807) is 0 Å². The van der Waals surface area contributed by atoms with Gasteiger partial charge in [-0.3, -0.25) is 37.3 Å². The minimum absolute atomic E-state index is 0.103. The van der Waals surface area contributed by atoms with Gasteiger partial charge < -0.3 is 33.8 Å². The molecule has 0 bridgehead atoms. The maximum atomic E-state index is 13.0. The van der Waals surface area contributed by atoms with Crippen LogP contribution in [0.2, 0.25) is 0 Å². The Kier molecular flexibility index (Phi) is 59.4. The first-order chi connectivity index (χ1) is 43.1. The maximum absolute atomic E-state index is 13.0. The highest BCUT2D eigenvalue weighted by Gasteiger charge is 2.30. The lowest BCUT2D eigenvalue weighted by molar-refractivity contribution is -0.161. The van der Waals surface area contributed by atoms with Gasteiger partial charge in [0.2, 0.25) is 0 Å². The second-order valence-electron chi connectivity index (χ2n) is 27.3. The van der Waals surface area contributed by atoms with Crippen LogP contribution in [0, 0.1) is 23.7 Å². The van der Waals surface area contributed by atoms with Gasteiger partial charge in [0.15, 0.2) is 12.2 Å². The van der Waals surface area contributed by atoms with Crippen LogP contribution in [0.4, 0.5) is 0 Å². The lowest BCUT2D eigenvalue weighted by Crippen LogP contribution is -2.30. The van der Waals surface area contributed by atoms with Gasteiger partial charge in [0, 0.05) is 25.7 Å². The number of aliphatic hydroxyl groups excluding tert-OH is 1. The zero-order valence-corrected chi connectivity index (χ0v) is 60.6. The van der Waals surface area contributed by atoms with E-state index in [4.69, 9.17) is 37.0 Å². The number of aliphatic hydroxyl groups is 1. The highest BCUT2D eigenvalue weighted by Crippen LogP contribution is 2.45. The Morgan fingerprint density at radius 2 is 0.533 bits per heavy atom. The molecule has 0 aliphatic carbocycles. The smallest absolute Gasteiger partial charge is 0.462 e. The van der Waals surface area contributed by atoms with Crippen LogP contribution in [-0.2, 0) is 65.4 Å². The Labute approximate surface area is 549 Å². The van der Waals surface area contributed by atoms with Crippen LogP contribution in [-0.4, -0.2) is 96.7 Å². The SMILES string of the molecule is CCC(C)CCCCCCCCCCC(=O)O[C@H](COC(=O)CCCCCCCCCCC(C)C)COP(=O)(O)OCC(O)COP(=O)(O)OC[C@@H](COC(=O)CCCCCCCCCCCCCCCCC(C)C)OC(=O)CCCCCCCCCC(C)C. The molecule has 0 aromatic carbocycles. The van der Waals surface area contributed by atoms with E-state index in [9.17, 15) is 43.2 Å². The molecule has 0 aromatic heterocycles. The van der Waals surface area contributed by atoms with Crippen LogP contribution in [0.3, 0.4) is 0 Å². The predicted molar refractivity (Wildman–Crippen MR) is 363 cm³/mol. The Morgan fingerprint density at radius 3 is 0.789 bits per heavy atom. The third kappa shape index (κ3) is 63.5. The first-order valence-electron chi connectivity index (χ1n) is 36.7. The summed E-state index contributed by atoms with van der Waals surface area (Å²) in [7, 11) is -9.90. The molecule has 0 amide bonds. The molecular formula is C71H138O17P2. The second-order valence-corrected chi connectivity index (χ2v) is 30.2. The average Bonchev–Trinajstić information content (AvgIpc) is 3.59. The molecule has 0 radical (unpaired) electrons. The van der Waals surface area contributed by atoms with Crippen molar-refractivity contribution in [3.05, 3.63) is 0 Å². The molecule has 19 heteroatoms. The number of hydrogen-bond acceptors (Lipinski definition) is 15. The maximum Gasteiger partial charge on any atom is 0.472 e. The summed E-state index contributed by atoms with van der Waals surface area (Å²) in [6.45, 7) is 14.1. The van der Waals surface area contributed by atoms with Gasteiger partial charge in [-0.25, -0.2) is 9.13 Å². The fourth-order valence-corrected chi connectivity index (χ4v) is 12.2. The summed E-state index contributed by atoms with van der Waals surface area (Å²) >= 11 is 0. The molecule has 0 fully saturated rings. The first kappa shape index (κ1) is 88.1. The van der Waals surface area contributed by atoms with Crippen molar-refractivity contribution in [2.24, 2.45) is 23.7 Å². The van der Waals surface area contributed by atoms with Gasteiger partial charge >= 0.3 is 39.5 Å². The van der Waals surface area contributed by atoms with Gasteiger partial charge in [0.05, 0.1) is 26.4 Å². The molecule has 0 spiro atoms. The van der Waals surface area contributed by atoms with Gasteiger partial charge in [-0.2, -0.15) is 0 Å². The van der Waals surface area contributed by atoms with Crippen molar-refractivity contribution in [2.75, 3.05) is 39.6 Å². The number of carbonyl (C=O) groups is 4. The number of carbonyl (C=O) groups excluding carboxylic acids is 4. The number of esters is 4. The number of ether oxygens (including phenoxy) is 4. The van der Waals surface area contributed by atoms with E-state index in [2.05, 4.69) is 55.4 Å². The van der Waals surface area contributed by atoms with Gasteiger partial charge in [0.1, 0.15) is 19.3 Å². The molecular weight excluding hydrogens is 1190 g/mol. The highest BCUT2D eigenvalue weighted by atomic mass is 31.2. The van der Waals surface area contributed by atoms with Crippen molar-refractivity contribution in [1.82, 2.24) is 0 Å². The topological polar surface area (TPSA) is 237 Å². The third-order valence-electron chi connectivity index (χ3n) is 16.7. The first-order valence-corrected chi connectivity index (χ1v) is 39.7. The summed E-state index contributed by atoms with van der Waals surface area (Å²) in [5.41, 5.74) is 0.